The van der Waals surface area contributed by atoms with Crippen LogP contribution in [-0.2, 0) is 6.42 Å². The summed E-state index contributed by atoms with van der Waals surface area (Å²) in [5.41, 5.74) is 2.91. The van der Waals surface area contributed by atoms with Crippen LogP contribution in [-0.4, -0.2) is 42.6 Å². The number of nitrogens with zero attached hydrogens (tertiary/aromatic N) is 1. The van der Waals surface area contributed by atoms with Crippen molar-refractivity contribution < 1.29 is 14.3 Å². The first-order chi connectivity index (χ1) is 16.4. The van der Waals surface area contributed by atoms with Crippen LogP contribution in [0.15, 0.2) is 66.7 Å². The second kappa shape index (κ2) is 11.7. The zero-order valence-electron chi connectivity index (χ0n) is 18.9. The average molecular weight is 492 g/mol. The van der Waals surface area contributed by atoms with Crippen molar-refractivity contribution in [1.82, 2.24) is 4.90 Å². The van der Waals surface area contributed by atoms with Crippen LogP contribution >= 0.6 is 11.6 Å². The number of ketones is 1. The molecule has 7 heteroatoms. The van der Waals surface area contributed by atoms with Gasteiger partial charge >= 0.3 is 0 Å². The Hall–Kier alpha value is -3.64. The zero-order chi connectivity index (χ0) is 24.1. The third-order valence-electron chi connectivity index (χ3n) is 5.92. The minimum Gasteiger partial charge on any atom is -0.497 e. The third-order valence-corrected chi connectivity index (χ3v) is 6.17. The molecule has 3 aromatic rings. The predicted octanol–water partition coefficient (Wildman–Crippen LogP) is 6.08. The highest BCUT2D eigenvalue weighted by Gasteiger charge is 2.19. The van der Waals surface area contributed by atoms with Gasteiger partial charge in [0.05, 0.1) is 7.11 Å². The van der Waals surface area contributed by atoms with E-state index in [1.807, 2.05) is 12.1 Å². The molecule has 6 nitrogen and oxygen atoms in total. The van der Waals surface area contributed by atoms with Crippen LogP contribution < -0.4 is 10.1 Å². The minimum absolute atomic E-state index is 0. The molecule has 4 rings (SSSR count). The van der Waals surface area contributed by atoms with Crippen LogP contribution in [0.3, 0.4) is 0 Å². The molecule has 0 aliphatic carbocycles. The lowest BCUT2D eigenvalue weighted by atomic mass is 9.97. The number of carbonyl (C=O) groups is 2. The Morgan fingerprint density at radius 1 is 0.971 bits per heavy atom. The standard InChI is InChI=1S/C27H26ClN3O3.CH4/c1-34-23-13-8-20(24(17-23)27(33)30-22-11-9-21(28)10-12-22)16-25(32)18-4-6-19(7-5-18)26(29)31-14-2-3-15-31;/h4-13,17,29H,2-3,14-16H2,1H3,(H,30,33);1H4. The normalized spacial score (nSPS) is 12.6. The van der Waals surface area contributed by atoms with E-state index in [0.717, 1.165) is 31.5 Å². The summed E-state index contributed by atoms with van der Waals surface area (Å²) in [4.78, 5) is 28.1. The number of amidine groups is 1. The fourth-order valence-corrected chi connectivity index (χ4v) is 4.12. The highest BCUT2D eigenvalue weighted by atomic mass is 35.5. The minimum atomic E-state index is -0.335. The largest absolute Gasteiger partial charge is 0.497 e. The van der Waals surface area contributed by atoms with Crippen LogP contribution in [0.2, 0.25) is 5.02 Å². The van der Waals surface area contributed by atoms with Gasteiger partial charge in [-0.05, 0) is 54.8 Å². The summed E-state index contributed by atoms with van der Waals surface area (Å²) < 4.78 is 5.29. The summed E-state index contributed by atoms with van der Waals surface area (Å²) in [5.74, 6) is 0.582. The Morgan fingerprint density at radius 3 is 2.23 bits per heavy atom. The van der Waals surface area contributed by atoms with Crippen LogP contribution in [0, 0.1) is 5.41 Å². The summed E-state index contributed by atoms with van der Waals surface area (Å²) in [7, 11) is 1.53. The van der Waals surface area contributed by atoms with E-state index >= 15 is 0 Å². The second-order valence-corrected chi connectivity index (χ2v) is 8.64. The number of rotatable bonds is 7. The monoisotopic (exact) mass is 491 g/mol. The number of hydrogen-bond donors (Lipinski definition) is 2. The highest BCUT2D eigenvalue weighted by molar-refractivity contribution is 6.30. The van der Waals surface area contributed by atoms with E-state index in [1.165, 1.54) is 7.11 Å². The summed E-state index contributed by atoms with van der Waals surface area (Å²) >= 11 is 5.92. The molecular weight excluding hydrogens is 462 g/mol. The summed E-state index contributed by atoms with van der Waals surface area (Å²) in [6.07, 6.45) is 2.28. The molecule has 182 valence electrons. The lowest BCUT2D eigenvalue weighted by molar-refractivity contribution is 0.0992. The molecule has 1 aliphatic heterocycles. The van der Waals surface area contributed by atoms with E-state index in [4.69, 9.17) is 21.7 Å². The fraction of sp³-hybridized carbons (Fsp3) is 0.250. The van der Waals surface area contributed by atoms with Gasteiger partial charge in [0, 0.05) is 46.9 Å². The van der Waals surface area contributed by atoms with Crippen molar-refractivity contribution in [2.24, 2.45) is 0 Å². The van der Waals surface area contributed by atoms with Gasteiger partial charge < -0.3 is 15.0 Å². The zero-order valence-corrected chi connectivity index (χ0v) is 19.7. The van der Waals surface area contributed by atoms with E-state index in [0.29, 0.717) is 39.0 Å². The molecule has 2 N–H and O–H groups in total. The SMILES string of the molecule is C.COc1ccc(CC(=O)c2ccc(C(=N)N3CCCC3)cc2)c(C(=O)Nc2ccc(Cl)cc2)c1. The van der Waals surface area contributed by atoms with Gasteiger partial charge in [-0.1, -0.05) is 49.4 Å². The van der Waals surface area contributed by atoms with Gasteiger partial charge in [0.1, 0.15) is 11.6 Å². The Balaban J connectivity index is 0.00000342. The summed E-state index contributed by atoms with van der Waals surface area (Å²) in [6, 6.07) is 19.1. The fourth-order valence-electron chi connectivity index (χ4n) is 3.99. The molecule has 0 spiro atoms. The Morgan fingerprint density at radius 2 is 1.60 bits per heavy atom. The van der Waals surface area contributed by atoms with E-state index in [2.05, 4.69) is 10.2 Å². The smallest absolute Gasteiger partial charge is 0.256 e. The van der Waals surface area contributed by atoms with Gasteiger partial charge in [-0.25, -0.2) is 0 Å². The van der Waals surface area contributed by atoms with Crippen LogP contribution in [0.1, 0.15) is 52.1 Å². The maximum Gasteiger partial charge on any atom is 0.256 e. The van der Waals surface area contributed by atoms with Gasteiger partial charge in [-0.15, -0.1) is 0 Å². The van der Waals surface area contributed by atoms with E-state index in [1.54, 1.807) is 54.6 Å². The maximum atomic E-state index is 13.0. The number of hydrogen-bond acceptors (Lipinski definition) is 4. The maximum absolute atomic E-state index is 13.0. The third kappa shape index (κ3) is 6.28. The van der Waals surface area contributed by atoms with Crippen molar-refractivity contribution in [1.29, 1.82) is 5.41 Å². The molecule has 35 heavy (non-hydrogen) atoms. The van der Waals surface area contributed by atoms with Crippen molar-refractivity contribution in [3.63, 3.8) is 0 Å². The van der Waals surface area contributed by atoms with Gasteiger partial charge in [0.2, 0.25) is 0 Å². The van der Waals surface area contributed by atoms with Crippen molar-refractivity contribution in [3.8, 4) is 5.75 Å². The molecule has 1 heterocycles. The van der Waals surface area contributed by atoms with E-state index in [-0.39, 0.29) is 25.5 Å². The Bertz CT molecular complexity index is 1200. The highest BCUT2D eigenvalue weighted by Crippen LogP contribution is 2.22. The molecular formula is C28H30ClN3O3. The molecule has 1 fully saturated rings. The molecule has 1 aliphatic rings. The number of benzene rings is 3. The number of halogens is 1. The first kappa shape index (κ1) is 26.0. The number of nitrogens with one attached hydrogen (secondary N) is 2. The average Bonchev–Trinajstić information content (AvgIpc) is 3.40. The lowest BCUT2D eigenvalue weighted by Gasteiger charge is -2.18. The van der Waals surface area contributed by atoms with Crippen LogP contribution in [0.5, 0.6) is 5.75 Å². The molecule has 3 aromatic carbocycles. The van der Waals surface area contributed by atoms with Gasteiger partial charge in [0.15, 0.2) is 5.78 Å². The van der Waals surface area contributed by atoms with Crippen molar-refractivity contribution in [2.75, 3.05) is 25.5 Å². The summed E-state index contributed by atoms with van der Waals surface area (Å²) in [6.45, 7) is 1.80. The number of likely N-dealkylation sites (tertiary alicyclic amines) is 1. The second-order valence-electron chi connectivity index (χ2n) is 8.20. The molecule has 0 bridgehead atoms. The van der Waals surface area contributed by atoms with Gasteiger partial charge in [-0.3, -0.25) is 15.0 Å². The van der Waals surface area contributed by atoms with Gasteiger partial charge in [0.25, 0.3) is 5.91 Å². The number of carbonyl (C=O) groups excluding carboxylic acids is 2. The number of amides is 1. The number of anilines is 1. The number of ether oxygens (including phenoxy) is 1. The summed E-state index contributed by atoms with van der Waals surface area (Å²) in [5, 5.41) is 11.8. The molecule has 1 saturated heterocycles. The Labute approximate surface area is 211 Å². The molecule has 0 aromatic heterocycles. The lowest BCUT2D eigenvalue weighted by Crippen LogP contribution is -2.27. The number of Topliss-reactive ketones (excluding diaryl/α,β-unsaturated/α-hetero) is 1. The van der Waals surface area contributed by atoms with Crippen LogP contribution in [0.4, 0.5) is 5.69 Å². The first-order valence-corrected chi connectivity index (χ1v) is 11.5. The molecule has 0 saturated carbocycles. The van der Waals surface area contributed by atoms with Crippen molar-refractivity contribution >= 4 is 34.8 Å². The van der Waals surface area contributed by atoms with Crippen molar-refractivity contribution in [2.45, 2.75) is 26.7 Å². The quantitative estimate of drug-likeness (QED) is 0.238. The topological polar surface area (TPSA) is 82.5 Å². The van der Waals surface area contributed by atoms with E-state index < -0.39 is 0 Å². The molecule has 0 radical (unpaired) electrons. The predicted molar refractivity (Wildman–Crippen MR) is 141 cm³/mol. The first-order valence-electron chi connectivity index (χ1n) is 11.2. The van der Waals surface area contributed by atoms with E-state index in [9.17, 15) is 9.59 Å². The molecule has 0 atom stereocenters. The van der Waals surface area contributed by atoms with Crippen LogP contribution in [0.25, 0.3) is 0 Å². The number of methoxy groups -OCH3 is 1. The van der Waals surface area contributed by atoms with Gasteiger partial charge in [-0.2, -0.15) is 0 Å². The molecule has 0 unspecified atom stereocenters. The van der Waals surface area contributed by atoms with Crippen molar-refractivity contribution in [3.05, 3.63) is 94.0 Å². The Kier molecular flexibility index (Phi) is 8.66. The molecule has 1 amide bonds.